The first-order valence-corrected chi connectivity index (χ1v) is 8.74. The Bertz CT molecular complexity index is 668. The lowest BCUT2D eigenvalue weighted by Gasteiger charge is -2.08. The summed E-state index contributed by atoms with van der Waals surface area (Å²) in [6.07, 6.45) is 1.65. The molecule has 1 amide bonds. The van der Waals surface area contributed by atoms with Crippen LogP contribution in [0.15, 0.2) is 48.5 Å². The van der Waals surface area contributed by atoms with Gasteiger partial charge >= 0.3 is 0 Å². The van der Waals surface area contributed by atoms with E-state index in [1.54, 1.807) is 36.6 Å². The van der Waals surface area contributed by atoms with Crippen molar-refractivity contribution in [1.29, 1.82) is 0 Å². The van der Waals surface area contributed by atoms with Crippen LogP contribution in [0.4, 0.5) is 5.69 Å². The van der Waals surface area contributed by atoms with Crippen LogP contribution in [0, 0.1) is 0 Å². The van der Waals surface area contributed by atoms with Crippen molar-refractivity contribution >= 4 is 22.4 Å². The number of anilines is 1. The summed E-state index contributed by atoms with van der Waals surface area (Å²) < 4.78 is 16.6. The van der Waals surface area contributed by atoms with Crippen LogP contribution in [0.5, 0.6) is 5.75 Å². The van der Waals surface area contributed by atoms with Crippen molar-refractivity contribution in [2.24, 2.45) is 0 Å². The number of rotatable bonds is 6. The number of hydrogen-bond donors (Lipinski definition) is 1. The maximum Gasteiger partial charge on any atom is 0.255 e. The van der Waals surface area contributed by atoms with Crippen LogP contribution in [-0.2, 0) is 16.6 Å². The van der Waals surface area contributed by atoms with E-state index in [9.17, 15) is 9.00 Å². The number of carbonyl (C=O) groups excluding carboxylic acids is 1. The van der Waals surface area contributed by atoms with E-state index < -0.39 is 10.8 Å². The van der Waals surface area contributed by atoms with E-state index in [0.717, 1.165) is 11.3 Å². The Morgan fingerprint density at radius 2 is 1.91 bits per heavy atom. The van der Waals surface area contributed by atoms with Gasteiger partial charge in [0.2, 0.25) is 0 Å². The average Bonchev–Trinajstić information content (AvgIpc) is 2.49. The molecule has 0 aliphatic heterocycles. The number of nitrogens with one attached hydrogen (secondary N) is 1. The Morgan fingerprint density at radius 3 is 2.55 bits per heavy atom. The molecular weight excluding hydrogens is 298 g/mol. The third kappa shape index (κ3) is 4.70. The zero-order valence-electron chi connectivity index (χ0n) is 12.7. The molecule has 22 heavy (non-hydrogen) atoms. The van der Waals surface area contributed by atoms with Gasteiger partial charge in [-0.25, -0.2) is 0 Å². The Morgan fingerprint density at radius 1 is 1.18 bits per heavy atom. The molecule has 0 radical (unpaired) electrons. The monoisotopic (exact) mass is 317 g/mol. The second-order valence-corrected chi connectivity index (χ2v) is 6.26. The van der Waals surface area contributed by atoms with Crippen LogP contribution in [0.2, 0.25) is 0 Å². The zero-order chi connectivity index (χ0) is 15.9. The Balaban J connectivity index is 2.06. The molecule has 0 spiro atoms. The molecule has 4 nitrogen and oxygen atoms in total. The number of ether oxygens (including phenoxy) is 1. The summed E-state index contributed by atoms with van der Waals surface area (Å²) in [7, 11) is -0.926. The van der Waals surface area contributed by atoms with Gasteiger partial charge in [0.05, 0.1) is 6.61 Å². The predicted octanol–water partition coefficient (Wildman–Crippen LogP) is 3.22. The van der Waals surface area contributed by atoms with Crippen molar-refractivity contribution in [2.75, 3.05) is 18.2 Å². The fourth-order valence-electron chi connectivity index (χ4n) is 2.04. The fraction of sp³-hybridized carbons (Fsp3) is 0.235. The molecule has 0 heterocycles. The van der Waals surface area contributed by atoms with E-state index in [2.05, 4.69) is 5.32 Å². The van der Waals surface area contributed by atoms with Crippen LogP contribution in [0.25, 0.3) is 0 Å². The minimum absolute atomic E-state index is 0.187. The van der Waals surface area contributed by atoms with Crippen molar-refractivity contribution in [3.63, 3.8) is 0 Å². The van der Waals surface area contributed by atoms with Gasteiger partial charge in [0.15, 0.2) is 0 Å². The first-order valence-electron chi connectivity index (χ1n) is 7.01. The van der Waals surface area contributed by atoms with Gasteiger partial charge in [0.25, 0.3) is 5.91 Å². The van der Waals surface area contributed by atoms with Crippen LogP contribution >= 0.6 is 0 Å². The molecule has 5 heteroatoms. The van der Waals surface area contributed by atoms with E-state index in [1.165, 1.54) is 0 Å². The minimum atomic E-state index is -0.926. The Labute approximate surface area is 133 Å². The number of benzene rings is 2. The summed E-state index contributed by atoms with van der Waals surface area (Å²) in [5.74, 6) is 1.03. The highest BCUT2D eigenvalue weighted by atomic mass is 32.2. The van der Waals surface area contributed by atoms with E-state index in [1.807, 2.05) is 25.1 Å². The molecule has 0 saturated heterocycles. The minimum Gasteiger partial charge on any atom is -0.494 e. The fourth-order valence-corrected chi connectivity index (χ4v) is 2.69. The third-order valence-corrected chi connectivity index (χ3v) is 3.72. The van der Waals surface area contributed by atoms with E-state index in [-0.39, 0.29) is 5.91 Å². The lowest BCUT2D eigenvalue weighted by atomic mass is 10.1. The number of amides is 1. The molecule has 0 aliphatic rings. The van der Waals surface area contributed by atoms with Crippen LogP contribution in [-0.4, -0.2) is 23.0 Å². The molecule has 116 valence electrons. The highest BCUT2D eigenvalue weighted by Crippen LogP contribution is 2.17. The van der Waals surface area contributed by atoms with Gasteiger partial charge in [-0.15, -0.1) is 0 Å². The molecule has 2 aromatic carbocycles. The Kier molecular flexibility index (Phi) is 5.72. The van der Waals surface area contributed by atoms with Gasteiger partial charge in [-0.1, -0.05) is 12.1 Å². The molecule has 1 N–H and O–H groups in total. The van der Waals surface area contributed by atoms with Crippen molar-refractivity contribution in [1.82, 2.24) is 0 Å². The standard InChI is InChI=1S/C17H19NO3S/c1-3-21-16-9-7-15(8-10-16)18-17(19)14-6-4-5-13(11-14)12-22(2)20/h4-11H,3,12H2,1-2H3,(H,18,19)/t22-/m0/s1. The third-order valence-electron chi connectivity index (χ3n) is 2.98. The van der Waals surface area contributed by atoms with Crippen LogP contribution in [0.1, 0.15) is 22.8 Å². The molecule has 0 aromatic heterocycles. The molecule has 1 atom stereocenters. The first-order chi connectivity index (χ1) is 10.6. The summed E-state index contributed by atoms with van der Waals surface area (Å²) in [5.41, 5.74) is 2.15. The maximum absolute atomic E-state index is 12.2. The van der Waals surface area contributed by atoms with Gasteiger partial charge in [-0.2, -0.15) is 0 Å². The normalized spacial score (nSPS) is 11.7. The van der Waals surface area contributed by atoms with Crippen LogP contribution < -0.4 is 10.1 Å². The smallest absolute Gasteiger partial charge is 0.255 e. The Hall–Kier alpha value is -2.14. The summed E-state index contributed by atoms with van der Waals surface area (Å²) in [5, 5.41) is 2.84. The van der Waals surface area contributed by atoms with Gasteiger partial charge in [0, 0.05) is 34.1 Å². The van der Waals surface area contributed by atoms with Crippen LogP contribution in [0.3, 0.4) is 0 Å². The molecule has 0 bridgehead atoms. The average molecular weight is 317 g/mol. The molecular formula is C17H19NO3S. The van der Waals surface area contributed by atoms with Gasteiger partial charge < -0.3 is 10.1 Å². The molecule has 2 aromatic rings. The quantitative estimate of drug-likeness (QED) is 0.890. The topological polar surface area (TPSA) is 55.4 Å². The highest BCUT2D eigenvalue weighted by molar-refractivity contribution is 7.83. The molecule has 0 fully saturated rings. The first kappa shape index (κ1) is 16.2. The van der Waals surface area contributed by atoms with Crippen molar-refractivity contribution in [3.8, 4) is 5.75 Å². The van der Waals surface area contributed by atoms with Crippen molar-refractivity contribution < 1.29 is 13.7 Å². The van der Waals surface area contributed by atoms with Crippen molar-refractivity contribution in [2.45, 2.75) is 12.7 Å². The summed E-state index contributed by atoms with van der Waals surface area (Å²) in [6.45, 7) is 2.53. The zero-order valence-corrected chi connectivity index (χ0v) is 13.5. The summed E-state index contributed by atoms with van der Waals surface area (Å²) >= 11 is 0. The highest BCUT2D eigenvalue weighted by Gasteiger charge is 2.07. The molecule has 0 unspecified atom stereocenters. The molecule has 0 aliphatic carbocycles. The molecule has 0 saturated carbocycles. The van der Waals surface area contributed by atoms with Crippen molar-refractivity contribution in [3.05, 3.63) is 59.7 Å². The molecule has 2 rings (SSSR count). The lowest BCUT2D eigenvalue weighted by Crippen LogP contribution is -2.12. The van der Waals surface area contributed by atoms with Gasteiger partial charge in [-0.3, -0.25) is 9.00 Å². The predicted molar refractivity (Wildman–Crippen MR) is 89.8 cm³/mol. The lowest BCUT2D eigenvalue weighted by molar-refractivity contribution is 0.102. The SMILES string of the molecule is CCOc1ccc(NC(=O)c2cccc(C[S@](C)=O)c2)cc1. The maximum atomic E-state index is 12.2. The van der Waals surface area contributed by atoms with Gasteiger partial charge in [-0.05, 0) is 48.9 Å². The van der Waals surface area contributed by atoms with Gasteiger partial charge in [0.1, 0.15) is 5.75 Å². The second kappa shape index (κ2) is 7.75. The number of hydrogen-bond acceptors (Lipinski definition) is 3. The summed E-state index contributed by atoms with van der Waals surface area (Å²) in [4.78, 5) is 12.2. The number of carbonyl (C=O) groups is 1. The summed E-state index contributed by atoms with van der Waals surface area (Å²) in [6, 6.07) is 14.4. The largest absolute Gasteiger partial charge is 0.494 e. The van der Waals surface area contributed by atoms with E-state index in [0.29, 0.717) is 23.6 Å². The second-order valence-electron chi connectivity index (χ2n) is 4.83. The van der Waals surface area contributed by atoms with E-state index in [4.69, 9.17) is 4.74 Å². The van der Waals surface area contributed by atoms with E-state index >= 15 is 0 Å².